The van der Waals surface area contributed by atoms with Gasteiger partial charge in [-0.05, 0) is 35.0 Å². The number of rotatable bonds is 4. The molecule has 17 heavy (non-hydrogen) atoms. The van der Waals surface area contributed by atoms with Gasteiger partial charge in [-0.3, -0.25) is 9.59 Å². The van der Waals surface area contributed by atoms with Gasteiger partial charge in [-0.2, -0.15) is 5.10 Å². The minimum absolute atomic E-state index is 0.114. The molecule has 0 heterocycles. The predicted molar refractivity (Wildman–Crippen MR) is 68.8 cm³/mol. The summed E-state index contributed by atoms with van der Waals surface area (Å²) in [4.78, 5) is 22.9. The molecule has 6 heteroatoms. The summed E-state index contributed by atoms with van der Waals surface area (Å²) in [5.74, 6) is -0.684. The minimum Gasteiger partial charge on any atom is -0.343 e. The third-order valence-corrected chi connectivity index (χ3v) is 2.54. The monoisotopic (exact) mass is 297 g/mol. The van der Waals surface area contributed by atoms with Crippen molar-refractivity contribution in [3.8, 4) is 0 Å². The number of nitrogens with zero attached hydrogens (tertiary/aromatic N) is 1. The molecule has 0 aromatic heterocycles. The zero-order valence-electron chi connectivity index (χ0n) is 9.24. The van der Waals surface area contributed by atoms with E-state index in [0.29, 0.717) is 10.0 Å². The number of nitrogens with one attached hydrogen (secondary N) is 2. The quantitative estimate of drug-likeness (QED) is 0.650. The maximum atomic E-state index is 11.7. The van der Waals surface area contributed by atoms with Gasteiger partial charge in [0.2, 0.25) is 0 Å². The largest absolute Gasteiger partial charge is 0.343 e. The van der Waals surface area contributed by atoms with Gasteiger partial charge in [0.25, 0.3) is 11.8 Å². The summed E-state index contributed by atoms with van der Waals surface area (Å²) >= 11 is 3.26. The molecule has 5 nitrogen and oxygen atoms in total. The van der Waals surface area contributed by atoms with Crippen LogP contribution in [-0.2, 0) is 4.79 Å². The zero-order valence-corrected chi connectivity index (χ0v) is 10.8. The Kier molecular flexibility index (Phi) is 5.35. The van der Waals surface area contributed by atoms with Crippen molar-refractivity contribution in [2.45, 2.75) is 6.92 Å². The minimum atomic E-state index is -0.372. The standard InChI is InChI=1S/C11H12BrN3O2/c1-2-14-15-10(16)7-13-11(17)8-5-3-4-6-9(8)12/h2-6H,7H2,1H3,(H,13,17)(H,15,16). The maximum absolute atomic E-state index is 11.7. The van der Waals surface area contributed by atoms with Crippen LogP contribution in [0.4, 0.5) is 0 Å². The number of carbonyl (C=O) groups is 2. The first kappa shape index (κ1) is 13.4. The first-order valence-electron chi connectivity index (χ1n) is 4.94. The van der Waals surface area contributed by atoms with Gasteiger partial charge in [-0.15, -0.1) is 0 Å². The van der Waals surface area contributed by atoms with Crippen LogP contribution in [0, 0.1) is 0 Å². The van der Waals surface area contributed by atoms with Crippen LogP contribution in [0.1, 0.15) is 17.3 Å². The Bertz CT molecular complexity index is 446. The van der Waals surface area contributed by atoms with Crippen molar-refractivity contribution < 1.29 is 9.59 Å². The first-order valence-corrected chi connectivity index (χ1v) is 5.73. The fourth-order valence-corrected chi connectivity index (χ4v) is 1.54. The SMILES string of the molecule is CC=NNC(=O)CNC(=O)c1ccccc1Br. The van der Waals surface area contributed by atoms with Crippen LogP contribution in [0.25, 0.3) is 0 Å². The van der Waals surface area contributed by atoms with Gasteiger partial charge >= 0.3 is 0 Å². The molecule has 0 saturated carbocycles. The van der Waals surface area contributed by atoms with Crippen molar-refractivity contribution in [3.63, 3.8) is 0 Å². The summed E-state index contributed by atoms with van der Waals surface area (Å²) in [6.45, 7) is 1.57. The molecule has 0 saturated heterocycles. The van der Waals surface area contributed by atoms with E-state index in [-0.39, 0.29) is 18.4 Å². The molecule has 2 amide bonds. The van der Waals surface area contributed by atoms with Crippen molar-refractivity contribution >= 4 is 34.0 Å². The van der Waals surface area contributed by atoms with Crippen LogP contribution in [0.15, 0.2) is 33.8 Å². The molecule has 1 aromatic rings. The molecular weight excluding hydrogens is 286 g/mol. The topological polar surface area (TPSA) is 70.6 Å². The lowest BCUT2D eigenvalue weighted by Crippen LogP contribution is -2.35. The second kappa shape index (κ2) is 6.80. The summed E-state index contributed by atoms with van der Waals surface area (Å²) in [5, 5.41) is 6.05. The Morgan fingerprint density at radius 3 is 2.76 bits per heavy atom. The van der Waals surface area contributed by atoms with Gasteiger partial charge in [0.1, 0.15) is 0 Å². The van der Waals surface area contributed by atoms with Crippen LogP contribution < -0.4 is 10.7 Å². The molecule has 1 aromatic carbocycles. The molecule has 0 fully saturated rings. The number of halogens is 1. The second-order valence-corrected chi connectivity index (χ2v) is 3.94. The van der Waals surface area contributed by atoms with E-state index in [2.05, 4.69) is 31.8 Å². The number of benzene rings is 1. The van der Waals surface area contributed by atoms with E-state index >= 15 is 0 Å². The lowest BCUT2D eigenvalue weighted by molar-refractivity contribution is -0.120. The average molecular weight is 298 g/mol. The lowest BCUT2D eigenvalue weighted by atomic mass is 10.2. The Hall–Kier alpha value is -1.69. The number of amides is 2. The molecule has 0 aliphatic rings. The van der Waals surface area contributed by atoms with Crippen molar-refractivity contribution in [1.29, 1.82) is 0 Å². The van der Waals surface area contributed by atoms with E-state index in [1.165, 1.54) is 6.21 Å². The second-order valence-electron chi connectivity index (χ2n) is 3.08. The molecule has 0 atom stereocenters. The van der Waals surface area contributed by atoms with Gasteiger partial charge in [0, 0.05) is 10.7 Å². The fourth-order valence-electron chi connectivity index (χ4n) is 1.08. The lowest BCUT2D eigenvalue weighted by Gasteiger charge is -2.05. The van der Waals surface area contributed by atoms with Gasteiger partial charge in [-0.25, -0.2) is 5.43 Å². The molecule has 0 aliphatic carbocycles. The van der Waals surface area contributed by atoms with E-state index in [4.69, 9.17) is 0 Å². The van der Waals surface area contributed by atoms with Crippen LogP contribution in [0.5, 0.6) is 0 Å². The summed E-state index contributed by atoms with van der Waals surface area (Å²) in [7, 11) is 0. The van der Waals surface area contributed by atoms with Crippen LogP contribution in [-0.4, -0.2) is 24.6 Å². The van der Waals surface area contributed by atoms with Crippen LogP contribution in [0.3, 0.4) is 0 Å². The zero-order chi connectivity index (χ0) is 12.7. The Morgan fingerprint density at radius 1 is 1.41 bits per heavy atom. The van der Waals surface area contributed by atoms with Gasteiger partial charge < -0.3 is 5.32 Å². The highest BCUT2D eigenvalue weighted by Gasteiger charge is 2.09. The fraction of sp³-hybridized carbons (Fsp3) is 0.182. The third-order valence-electron chi connectivity index (χ3n) is 1.85. The van der Waals surface area contributed by atoms with Gasteiger partial charge in [-0.1, -0.05) is 12.1 Å². The van der Waals surface area contributed by atoms with E-state index < -0.39 is 0 Å². The van der Waals surface area contributed by atoms with Crippen LogP contribution in [0.2, 0.25) is 0 Å². The summed E-state index contributed by atoms with van der Waals surface area (Å²) in [5.41, 5.74) is 2.74. The van der Waals surface area contributed by atoms with E-state index in [0.717, 1.165) is 0 Å². The van der Waals surface area contributed by atoms with Gasteiger partial charge in [0.15, 0.2) is 0 Å². The summed E-state index contributed by atoms with van der Waals surface area (Å²) in [6.07, 6.45) is 1.45. The van der Waals surface area contributed by atoms with E-state index in [9.17, 15) is 9.59 Å². The molecule has 0 spiro atoms. The Balaban J connectivity index is 2.51. The molecule has 0 bridgehead atoms. The first-order chi connectivity index (χ1) is 8.15. The third kappa shape index (κ3) is 4.36. The molecule has 1 rings (SSSR count). The molecule has 90 valence electrons. The molecule has 0 radical (unpaired) electrons. The molecule has 0 unspecified atom stereocenters. The molecule has 0 aliphatic heterocycles. The highest BCUT2D eigenvalue weighted by Crippen LogP contribution is 2.15. The normalized spacial score (nSPS) is 10.2. The van der Waals surface area contributed by atoms with E-state index in [1.807, 2.05) is 6.07 Å². The molecular formula is C11H12BrN3O2. The maximum Gasteiger partial charge on any atom is 0.259 e. The Labute approximate surface area is 107 Å². The smallest absolute Gasteiger partial charge is 0.259 e. The number of hydrazone groups is 1. The highest BCUT2D eigenvalue weighted by atomic mass is 79.9. The van der Waals surface area contributed by atoms with Crippen LogP contribution >= 0.6 is 15.9 Å². The van der Waals surface area contributed by atoms with Gasteiger partial charge in [0.05, 0.1) is 12.1 Å². The van der Waals surface area contributed by atoms with Crippen molar-refractivity contribution in [2.75, 3.05) is 6.54 Å². The highest BCUT2D eigenvalue weighted by molar-refractivity contribution is 9.10. The van der Waals surface area contributed by atoms with Crippen molar-refractivity contribution in [3.05, 3.63) is 34.3 Å². The number of hydrogen-bond donors (Lipinski definition) is 2. The number of carbonyl (C=O) groups excluding carboxylic acids is 2. The predicted octanol–water partition coefficient (Wildman–Crippen LogP) is 1.30. The average Bonchev–Trinajstić information content (AvgIpc) is 2.34. The van der Waals surface area contributed by atoms with Crippen molar-refractivity contribution in [2.24, 2.45) is 5.10 Å². The van der Waals surface area contributed by atoms with E-state index in [1.54, 1.807) is 25.1 Å². The summed E-state index contributed by atoms with van der Waals surface area (Å²) in [6, 6.07) is 6.99. The molecule has 2 N–H and O–H groups in total. The Morgan fingerprint density at radius 2 is 2.12 bits per heavy atom. The summed E-state index contributed by atoms with van der Waals surface area (Å²) < 4.78 is 0.685. The van der Waals surface area contributed by atoms with Crippen molar-refractivity contribution in [1.82, 2.24) is 10.7 Å². The number of hydrogen-bond acceptors (Lipinski definition) is 3.